The van der Waals surface area contributed by atoms with Gasteiger partial charge in [-0.2, -0.15) is 24.5 Å². The quantitative estimate of drug-likeness (QED) is 0.753. The van der Waals surface area contributed by atoms with Gasteiger partial charge in [-0.15, -0.1) is 0 Å². The number of anilines is 1. The number of piperazine rings is 1. The number of carboxylic acids is 1. The molecular formula is C19H24F3N3O4S. The monoisotopic (exact) mass is 447 g/mol. The van der Waals surface area contributed by atoms with Crippen LogP contribution in [0.5, 0.6) is 0 Å². The molecule has 3 aliphatic rings. The number of thiophene rings is 1. The van der Waals surface area contributed by atoms with E-state index >= 15 is 0 Å². The number of hydrogen-bond donors (Lipinski definition) is 1. The van der Waals surface area contributed by atoms with Crippen molar-refractivity contribution in [3.63, 3.8) is 0 Å². The van der Waals surface area contributed by atoms with Crippen LogP contribution in [-0.2, 0) is 14.4 Å². The highest BCUT2D eigenvalue weighted by Gasteiger charge is 2.49. The number of carboxylic acid groups (broad SMARTS) is 1. The first-order valence-corrected chi connectivity index (χ1v) is 10.6. The number of rotatable bonds is 2. The minimum atomic E-state index is -5.08. The number of halogens is 3. The van der Waals surface area contributed by atoms with Gasteiger partial charge in [-0.25, -0.2) is 4.79 Å². The Hall–Kier alpha value is -2.14. The Bertz CT molecular complexity index is 797. The highest BCUT2D eigenvalue weighted by atomic mass is 32.1. The minimum absolute atomic E-state index is 0.0880. The van der Waals surface area contributed by atoms with E-state index in [0.29, 0.717) is 19.0 Å². The van der Waals surface area contributed by atoms with Crippen LogP contribution in [0.15, 0.2) is 16.8 Å². The summed E-state index contributed by atoms with van der Waals surface area (Å²) in [5.74, 6) is -2.01. The van der Waals surface area contributed by atoms with E-state index in [4.69, 9.17) is 9.90 Å². The first-order chi connectivity index (χ1) is 14.0. The van der Waals surface area contributed by atoms with Crippen LogP contribution >= 0.6 is 11.3 Å². The largest absolute Gasteiger partial charge is 0.490 e. The van der Waals surface area contributed by atoms with Gasteiger partial charge in [-0.3, -0.25) is 14.5 Å². The van der Waals surface area contributed by atoms with Crippen LogP contribution < -0.4 is 4.90 Å². The van der Waals surface area contributed by atoms with Crippen molar-refractivity contribution in [2.75, 3.05) is 38.1 Å². The van der Waals surface area contributed by atoms with Crippen molar-refractivity contribution in [3.05, 3.63) is 16.8 Å². The molecular weight excluding hydrogens is 423 g/mol. The van der Waals surface area contributed by atoms with Gasteiger partial charge in [0.1, 0.15) is 0 Å². The molecule has 166 valence electrons. The molecule has 0 aromatic carbocycles. The van der Waals surface area contributed by atoms with Crippen molar-refractivity contribution in [1.29, 1.82) is 0 Å². The molecule has 1 atom stereocenters. The summed E-state index contributed by atoms with van der Waals surface area (Å²) in [4.78, 5) is 40.0. The molecule has 3 heterocycles. The molecule has 0 bridgehead atoms. The summed E-state index contributed by atoms with van der Waals surface area (Å²) >= 11 is 1.61. The fourth-order valence-corrected chi connectivity index (χ4v) is 4.65. The lowest BCUT2D eigenvalue weighted by molar-refractivity contribution is -0.192. The maximum Gasteiger partial charge on any atom is 0.490 e. The Morgan fingerprint density at radius 3 is 2.43 bits per heavy atom. The van der Waals surface area contributed by atoms with E-state index in [-0.39, 0.29) is 17.4 Å². The molecule has 1 aliphatic carbocycles. The number of nitrogens with zero attached hydrogens (tertiary/aromatic N) is 3. The van der Waals surface area contributed by atoms with Crippen LogP contribution in [0, 0.1) is 5.92 Å². The third kappa shape index (κ3) is 4.61. The van der Waals surface area contributed by atoms with Crippen LogP contribution in [0.4, 0.5) is 18.9 Å². The summed E-state index contributed by atoms with van der Waals surface area (Å²) < 4.78 is 31.7. The molecule has 1 aromatic heterocycles. The van der Waals surface area contributed by atoms with E-state index < -0.39 is 12.1 Å². The van der Waals surface area contributed by atoms with Gasteiger partial charge in [0.25, 0.3) is 0 Å². The highest BCUT2D eigenvalue weighted by molar-refractivity contribution is 7.08. The fourth-order valence-electron chi connectivity index (χ4n) is 4.00. The van der Waals surface area contributed by atoms with Gasteiger partial charge < -0.3 is 14.9 Å². The van der Waals surface area contributed by atoms with Crippen molar-refractivity contribution in [1.82, 2.24) is 9.80 Å². The summed E-state index contributed by atoms with van der Waals surface area (Å²) in [6, 6.07) is 2.01. The zero-order valence-electron chi connectivity index (χ0n) is 16.5. The predicted molar refractivity (Wildman–Crippen MR) is 104 cm³/mol. The maximum atomic E-state index is 12.6. The van der Waals surface area contributed by atoms with E-state index in [1.54, 1.807) is 11.3 Å². The molecule has 4 rings (SSSR count). The van der Waals surface area contributed by atoms with Gasteiger partial charge in [-0.1, -0.05) is 6.42 Å². The summed E-state index contributed by atoms with van der Waals surface area (Å²) in [7, 11) is 2.03. The first-order valence-electron chi connectivity index (χ1n) is 9.66. The van der Waals surface area contributed by atoms with Gasteiger partial charge in [0.15, 0.2) is 0 Å². The Labute approximate surface area is 176 Å². The van der Waals surface area contributed by atoms with E-state index in [9.17, 15) is 22.8 Å². The number of likely N-dealkylation sites (N-methyl/N-ethyl adjacent to an activating group) is 1. The van der Waals surface area contributed by atoms with Crippen molar-refractivity contribution < 1.29 is 32.7 Å². The number of carbonyl (C=O) groups excluding carboxylic acids is 2. The molecule has 30 heavy (non-hydrogen) atoms. The Kier molecular flexibility index (Phi) is 6.42. The summed E-state index contributed by atoms with van der Waals surface area (Å²) in [5.41, 5.74) is 0.908. The summed E-state index contributed by atoms with van der Waals surface area (Å²) in [6.45, 7) is 2.70. The standard InChI is InChI=1S/C17H23N3O2S.C2HF3O2/c1-18-9-15(21)20(14-5-8-23-10-14)12-17(18)6-7-19(11-17)16(22)13-3-2-4-13;3-2(4,5)1(6)7/h5,8,10,13H,2-4,6-7,9,11-12H2,1H3;(H,6,7). The molecule has 2 amide bonds. The second kappa shape index (κ2) is 8.54. The van der Waals surface area contributed by atoms with E-state index in [2.05, 4.69) is 4.90 Å². The fraction of sp³-hybridized carbons (Fsp3) is 0.632. The lowest BCUT2D eigenvalue weighted by atomic mass is 9.84. The molecule has 7 nitrogen and oxygen atoms in total. The number of hydrogen-bond acceptors (Lipinski definition) is 5. The van der Waals surface area contributed by atoms with E-state index in [1.165, 1.54) is 6.42 Å². The number of likely N-dealkylation sites (tertiary alicyclic amines) is 1. The van der Waals surface area contributed by atoms with Crippen LogP contribution in [0.2, 0.25) is 0 Å². The average Bonchev–Trinajstić information content (AvgIpc) is 3.27. The molecule has 1 N–H and O–H groups in total. The third-order valence-electron chi connectivity index (χ3n) is 6.09. The lowest BCUT2D eigenvalue weighted by Crippen LogP contribution is -2.64. The SMILES string of the molecule is CN1CC(=O)N(c2ccsc2)CC12CCN(C(=O)C1CCC1)C2.O=C(O)C(F)(F)F. The Balaban J connectivity index is 0.000000318. The number of carbonyl (C=O) groups is 3. The molecule has 1 unspecified atom stereocenters. The van der Waals surface area contributed by atoms with Crippen LogP contribution in [0.3, 0.4) is 0 Å². The predicted octanol–water partition coefficient (Wildman–Crippen LogP) is 2.43. The van der Waals surface area contributed by atoms with Crippen molar-refractivity contribution in [2.24, 2.45) is 5.92 Å². The van der Waals surface area contributed by atoms with Gasteiger partial charge >= 0.3 is 12.1 Å². The molecule has 2 saturated heterocycles. The van der Waals surface area contributed by atoms with Crippen LogP contribution in [0.1, 0.15) is 25.7 Å². The van der Waals surface area contributed by atoms with Gasteiger partial charge in [-0.05, 0) is 37.8 Å². The molecule has 11 heteroatoms. The molecule has 3 fully saturated rings. The second-order valence-corrected chi connectivity index (χ2v) is 8.76. The van der Waals surface area contributed by atoms with Gasteiger partial charge in [0.05, 0.1) is 17.8 Å². The van der Waals surface area contributed by atoms with Gasteiger partial charge in [0, 0.05) is 30.9 Å². The summed E-state index contributed by atoms with van der Waals surface area (Å²) in [5, 5.41) is 11.2. The van der Waals surface area contributed by atoms with Crippen molar-refractivity contribution in [3.8, 4) is 0 Å². The average molecular weight is 447 g/mol. The van der Waals surface area contributed by atoms with Crippen LogP contribution in [0.25, 0.3) is 0 Å². The lowest BCUT2D eigenvalue weighted by Gasteiger charge is -2.46. The molecule has 1 spiro atoms. The zero-order valence-corrected chi connectivity index (χ0v) is 17.3. The molecule has 2 aliphatic heterocycles. The van der Waals surface area contributed by atoms with E-state index in [0.717, 1.165) is 38.0 Å². The van der Waals surface area contributed by atoms with Crippen molar-refractivity contribution in [2.45, 2.75) is 37.4 Å². The first kappa shape index (κ1) is 22.5. The molecule has 1 saturated carbocycles. The molecule has 1 aromatic rings. The highest BCUT2D eigenvalue weighted by Crippen LogP contribution is 2.36. The Morgan fingerprint density at radius 1 is 1.27 bits per heavy atom. The third-order valence-corrected chi connectivity index (χ3v) is 6.77. The normalized spacial score (nSPS) is 25.1. The minimum Gasteiger partial charge on any atom is -0.475 e. The number of aliphatic carboxylic acids is 1. The van der Waals surface area contributed by atoms with Gasteiger partial charge in [0.2, 0.25) is 11.8 Å². The second-order valence-electron chi connectivity index (χ2n) is 7.98. The van der Waals surface area contributed by atoms with E-state index in [1.807, 2.05) is 33.7 Å². The number of alkyl halides is 3. The molecule has 0 radical (unpaired) electrons. The van der Waals surface area contributed by atoms with Crippen molar-refractivity contribution >= 4 is 34.8 Å². The smallest absolute Gasteiger partial charge is 0.475 e. The zero-order chi connectivity index (χ0) is 22.1. The summed E-state index contributed by atoms with van der Waals surface area (Å²) in [6.07, 6.45) is -0.832. The number of amides is 2. The maximum absolute atomic E-state index is 12.6. The van der Waals surface area contributed by atoms with Crippen LogP contribution in [-0.4, -0.2) is 77.6 Å². The Morgan fingerprint density at radius 2 is 1.93 bits per heavy atom. The topological polar surface area (TPSA) is 81.2 Å².